The van der Waals surface area contributed by atoms with Crippen LogP contribution < -0.4 is 0 Å². The van der Waals surface area contributed by atoms with Gasteiger partial charge in [-0.2, -0.15) is 0 Å². The Morgan fingerprint density at radius 1 is 1.40 bits per heavy atom. The Hall–Kier alpha value is -1.10. The number of aliphatic carboxylic acids is 1. The van der Waals surface area contributed by atoms with Crippen LogP contribution in [0.2, 0.25) is 0 Å². The van der Waals surface area contributed by atoms with Crippen molar-refractivity contribution in [1.29, 1.82) is 0 Å². The largest absolute Gasteiger partial charge is 0.481 e. The summed E-state index contributed by atoms with van der Waals surface area (Å²) in [6.07, 6.45) is 4.22. The molecule has 0 radical (unpaired) electrons. The van der Waals surface area contributed by atoms with Crippen molar-refractivity contribution in [3.05, 3.63) is 0 Å². The summed E-state index contributed by atoms with van der Waals surface area (Å²) in [5, 5.41) is 9.28. The molecule has 0 bridgehead atoms. The van der Waals surface area contributed by atoms with E-state index in [1.165, 1.54) is 0 Å². The number of hydrogen-bond acceptors (Lipinski definition) is 3. The predicted octanol–water partition coefficient (Wildman–Crippen LogP) is 1.90. The fourth-order valence-corrected chi connectivity index (χ4v) is 3.22. The van der Waals surface area contributed by atoms with E-state index in [1.807, 2.05) is 6.92 Å². The minimum atomic E-state index is -0.796. The van der Waals surface area contributed by atoms with Crippen molar-refractivity contribution in [1.82, 2.24) is 4.90 Å². The van der Waals surface area contributed by atoms with E-state index in [0.29, 0.717) is 38.0 Å². The molecule has 1 atom stereocenters. The molecule has 0 aromatic rings. The van der Waals surface area contributed by atoms with Crippen LogP contribution in [0.25, 0.3) is 0 Å². The van der Waals surface area contributed by atoms with Gasteiger partial charge in [0.05, 0.1) is 11.5 Å². The molecular weight excluding hydrogens is 258 g/mol. The number of ether oxygens (including phenoxy) is 1. The Kier molecular flexibility index (Phi) is 4.68. The molecule has 1 unspecified atom stereocenters. The summed E-state index contributed by atoms with van der Waals surface area (Å²) < 4.78 is 5.50. The second kappa shape index (κ2) is 6.12. The first-order valence-corrected chi connectivity index (χ1v) is 7.57. The number of hydrogen-bond donors (Lipinski definition) is 1. The normalized spacial score (nSPS) is 33.6. The van der Waals surface area contributed by atoms with Gasteiger partial charge in [-0.3, -0.25) is 9.59 Å². The van der Waals surface area contributed by atoms with Crippen molar-refractivity contribution in [2.24, 2.45) is 11.3 Å². The lowest BCUT2D eigenvalue weighted by atomic mass is 9.78. The zero-order chi connectivity index (χ0) is 14.8. The Bertz CT molecular complexity index is 378. The summed E-state index contributed by atoms with van der Waals surface area (Å²) >= 11 is 0. The molecule has 0 spiro atoms. The standard InChI is InChI=1S/C15H25NO4/c1-3-20-12-7-11(8-12)9-13(17)16-6-4-5-15(2,10-16)14(18)19/h11-12H,3-10H2,1-2H3,(H,18,19). The Balaban J connectivity index is 1.80. The fourth-order valence-electron chi connectivity index (χ4n) is 3.22. The molecule has 5 heteroatoms. The number of carboxylic acid groups (broad SMARTS) is 1. The van der Waals surface area contributed by atoms with Crippen LogP contribution in [0.3, 0.4) is 0 Å². The third-order valence-corrected chi connectivity index (χ3v) is 4.62. The van der Waals surface area contributed by atoms with Crippen LogP contribution >= 0.6 is 0 Å². The molecule has 2 rings (SSSR count). The molecule has 5 nitrogen and oxygen atoms in total. The lowest BCUT2D eigenvalue weighted by Gasteiger charge is -2.40. The van der Waals surface area contributed by atoms with Crippen LogP contribution in [0.5, 0.6) is 0 Å². The number of carbonyl (C=O) groups is 2. The molecule has 1 aliphatic heterocycles. The summed E-state index contributed by atoms with van der Waals surface area (Å²) in [5.41, 5.74) is -0.776. The number of piperidine rings is 1. The van der Waals surface area contributed by atoms with Crippen molar-refractivity contribution in [3.8, 4) is 0 Å². The van der Waals surface area contributed by atoms with Gasteiger partial charge in [-0.05, 0) is 45.4 Å². The van der Waals surface area contributed by atoms with Gasteiger partial charge in [-0.15, -0.1) is 0 Å². The summed E-state index contributed by atoms with van der Waals surface area (Å²) in [6.45, 7) is 5.50. The average Bonchev–Trinajstić information content (AvgIpc) is 2.36. The third kappa shape index (κ3) is 3.32. The van der Waals surface area contributed by atoms with E-state index in [9.17, 15) is 14.7 Å². The first kappa shape index (κ1) is 15.3. The van der Waals surface area contributed by atoms with E-state index in [4.69, 9.17) is 4.74 Å². The Morgan fingerprint density at radius 3 is 2.70 bits per heavy atom. The lowest BCUT2D eigenvalue weighted by molar-refractivity contribution is -0.154. The van der Waals surface area contributed by atoms with Gasteiger partial charge in [0.1, 0.15) is 0 Å². The van der Waals surface area contributed by atoms with Gasteiger partial charge in [0.15, 0.2) is 0 Å². The fraction of sp³-hybridized carbons (Fsp3) is 0.867. The molecule has 1 N–H and O–H groups in total. The highest BCUT2D eigenvalue weighted by Crippen LogP contribution is 2.35. The van der Waals surface area contributed by atoms with Crippen LogP contribution in [0.15, 0.2) is 0 Å². The molecular formula is C15H25NO4. The van der Waals surface area contributed by atoms with Gasteiger partial charge in [0, 0.05) is 26.1 Å². The number of amides is 1. The van der Waals surface area contributed by atoms with Gasteiger partial charge < -0.3 is 14.7 Å². The highest BCUT2D eigenvalue weighted by molar-refractivity contribution is 5.79. The first-order valence-electron chi connectivity index (χ1n) is 7.57. The van der Waals surface area contributed by atoms with Gasteiger partial charge in [-0.1, -0.05) is 0 Å². The Morgan fingerprint density at radius 2 is 2.10 bits per heavy atom. The zero-order valence-corrected chi connectivity index (χ0v) is 12.4. The molecule has 20 heavy (non-hydrogen) atoms. The molecule has 1 heterocycles. The summed E-state index contributed by atoms with van der Waals surface area (Å²) in [4.78, 5) is 25.3. The van der Waals surface area contributed by atoms with Crippen LogP contribution in [0, 0.1) is 11.3 Å². The molecule has 114 valence electrons. The van der Waals surface area contributed by atoms with Crippen molar-refractivity contribution < 1.29 is 19.4 Å². The van der Waals surface area contributed by atoms with Gasteiger partial charge in [-0.25, -0.2) is 0 Å². The van der Waals surface area contributed by atoms with E-state index in [0.717, 1.165) is 25.9 Å². The highest BCUT2D eigenvalue weighted by Gasteiger charge is 2.40. The van der Waals surface area contributed by atoms with Crippen molar-refractivity contribution >= 4 is 11.9 Å². The van der Waals surface area contributed by atoms with Crippen LogP contribution in [0.4, 0.5) is 0 Å². The van der Waals surface area contributed by atoms with E-state index >= 15 is 0 Å². The molecule has 0 aromatic carbocycles. The topological polar surface area (TPSA) is 66.8 Å². The van der Waals surface area contributed by atoms with Gasteiger partial charge in [0.25, 0.3) is 0 Å². The SMILES string of the molecule is CCOC1CC(CC(=O)N2CCCC(C)(C(=O)O)C2)C1. The van der Waals surface area contributed by atoms with Gasteiger partial charge >= 0.3 is 5.97 Å². The van der Waals surface area contributed by atoms with Crippen molar-refractivity contribution in [3.63, 3.8) is 0 Å². The molecule has 1 saturated carbocycles. The van der Waals surface area contributed by atoms with Crippen LogP contribution in [-0.2, 0) is 14.3 Å². The van der Waals surface area contributed by atoms with Crippen molar-refractivity contribution in [2.45, 2.75) is 52.1 Å². The van der Waals surface area contributed by atoms with Crippen LogP contribution in [0.1, 0.15) is 46.0 Å². The molecule has 0 aromatic heterocycles. The van der Waals surface area contributed by atoms with Crippen LogP contribution in [-0.4, -0.2) is 47.7 Å². The molecule has 1 aliphatic carbocycles. The molecule has 1 amide bonds. The molecule has 2 aliphatic rings. The second-order valence-corrected chi connectivity index (χ2v) is 6.40. The Labute approximate surface area is 120 Å². The smallest absolute Gasteiger partial charge is 0.311 e. The third-order valence-electron chi connectivity index (χ3n) is 4.62. The highest BCUT2D eigenvalue weighted by atomic mass is 16.5. The van der Waals surface area contributed by atoms with E-state index in [-0.39, 0.29) is 5.91 Å². The number of likely N-dealkylation sites (tertiary alicyclic amines) is 1. The molecule has 1 saturated heterocycles. The van der Waals surface area contributed by atoms with E-state index in [2.05, 4.69) is 0 Å². The minimum absolute atomic E-state index is 0.108. The zero-order valence-electron chi connectivity index (χ0n) is 12.4. The quantitative estimate of drug-likeness (QED) is 0.837. The first-order chi connectivity index (χ1) is 9.44. The van der Waals surface area contributed by atoms with E-state index < -0.39 is 11.4 Å². The summed E-state index contributed by atoms with van der Waals surface area (Å²) in [5.74, 6) is -0.274. The maximum Gasteiger partial charge on any atom is 0.311 e. The maximum absolute atomic E-state index is 12.3. The number of rotatable bonds is 5. The number of nitrogens with zero attached hydrogens (tertiary/aromatic N) is 1. The second-order valence-electron chi connectivity index (χ2n) is 6.40. The predicted molar refractivity (Wildman–Crippen MR) is 74.3 cm³/mol. The number of carboxylic acids is 1. The van der Waals surface area contributed by atoms with Gasteiger partial charge in [0.2, 0.25) is 5.91 Å². The molecule has 2 fully saturated rings. The minimum Gasteiger partial charge on any atom is -0.481 e. The monoisotopic (exact) mass is 283 g/mol. The number of carbonyl (C=O) groups excluding carboxylic acids is 1. The van der Waals surface area contributed by atoms with Crippen molar-refractivity contribution in [2.75, 3.05) is 19.7 Å². The average molecular weight is 283 g/mol. The maximum atomic E-state index is 12.3. The lowest BCUT2D eigenvalue weighted by Crippen LogP contribution is -2.49. The summed E-state index contributed by atoms with van der Waals surface area (Å²) in [7, 11) is 0. The van der Waals surface area contributed by atoms with E-state index in [1.54, 1.807) is 11.8 Å². The summed E-state index contributed by atoms with van der Waals surface area (Å²) in [6, 6.07) is 0.